The molecule has 102 valence electrons. The van der Waals surface area contributed by atoms with E-state index in [0.717, 1.165) is 12.8 Å². The van der Waals surface area contributed by atoms with Gasteiger partial charge in [-0.3, -0.25) is 9.59 Å². The second-order valence-corrected chi connectivity index (χ2v) is 4.69. The fraction of sp³-hybridized carbons (Fsp3) is 0.818. The molecule has 0 aromatic carbocycles. The lowest BCUT2D eigenvalue weighted by Gasteiger charge is -2.27. The number of nitrogens with zero attached hydrogens (tertiary/aromatic N) is 1. The Labute approximate surface area is 107 Å². The zero-order valence-electron chi connectivity index (χ0n) is 10.9. The first-order chi connectivity index (χ1) is 8.47. The van der Waals surface area contributed by atoms with Crippen molar-refractivity contribution in [2.24, 2.45) is 0 Å². The Kier molecular flexibility index (Phi) is 5.62. The minimum absolute atomic E-state index is 0.154. The lowest BCUT2D eigenvalue weighted by molar-refractivity contribution is -0.136. The second-order valence-electron chi connectivity index (χ2n) is 4.69. The number of likely N-dealkylation sites (tertiary alicyclic amines) is 1. The molecule has 7 heteroatoms. The average molecular weight is 256 g/mol. The van der Waals surface area contributed by atoms with Crippen LogP contribution in [-0.4, -0.2) is 52.4 Å². The van der Waals surface area contributed by atoms with E-state index in [4.69, 9.17) is 0 Å². The normalized spacial score (nSPS) is 20.7. The van der Waals surface area contributed by atoms with E-state index in [9.17, 15) is 19.6 Å². The zero-order valence-corrected chi connectivity index (χ0v) is 10.9. The molecule has 0 spiro atoms. The van der Waals surface area contributed by atoms with Crippen molar-refractivity contribution in [1.82, 2.24) is 10.2 Å². The summed E-state index contributed by atoms with van der Waals surface area (Å²) < 4.78 is 0. The van der Waals surface area contributed by atoms with E-state index in [1.165, 1.54) is 4.90 Å². The van der Waals surface area contributed by atoms with Crippen LogP contribution in [0, 0.1) is 0 Å². The highest BCUT2D eigenvalue weighted by Crippen LogP contribution is 2.18. The van der Waals surface area contributed by atoms with E-state index in [1.54, 1.807) is 6.92 Å². The van der Waals surface area contributed by atoms with Crippen molar-refractivity contribution in [3.05, 3.63) is 0 Å². The van der Waals surface area contributed by atoms with Crippen LogP contribution in [0.15, 0.2) is 0 Å². The van der Waals surface area contributed by atoms with Crippen LogP contribution in [0.25, 0.3) is 0 Å². The predicted molar refractivity (Wildman–Crippen MR) is 67.4 cm³/mol. The third kappa shape index (κ3) is 3.71. The topological polar surface area (TPSA) is 89.9 Å². The number of carbonyl (C=O) groups excluding carboxylic acids is 2. The highest BCUT2D eigenvalue weighted by atomic mass is 16.4. The third-order valence-corrected chi connectivity index (χ3v) is 3.15. The molecule has 1 rings (SSSR count). The van der Waals surface area contributed by atoms with Crippen LogP contribution < -0.4 is 5.32 Å². The molecule has 3 N–H and O–H groups in total. The molecule has 2 amide bonds. The van der Waals surface area contributed by atoms with Gasteiger partial charge in [0.15, 0.2) is 0 Å². The summed E-state index contributed by atoms with van der Waals surface area (Å²) in [6, 6.07) is -0.622. The van der Waals surface area contributed by atoms with Crippen molar-refractivity contribution in [2.75, 3.05) is 6.54 Å². The molecule has 1 heterocycles. The zero-order chi connectivity index (χ0) is 13.7. The first-order valence-corrected chi connectivity index (χ1v) is 6.43. The molecule has 1 aliphatic rings. The first kappa shape index (κ1) is 15.0. The summed E-state index contributed by atoms with van der Waals surface area (Å²) in [5, 5.41) is 21.0. The molecule has 6 nitrogen and oxygen atoms in total. The van der Waals surface area contributed by atoms with Crippen LogP contribution in [0.4, 0.5) is 0 Å². The van der Waals surface area contributed by atoms with Crippen LogP contribution in [0.3, 0.4) is 0 Å². The van der Waals surface area contributed by atoms with Gasteiger partial charge >= 0.3 is 7.12 Å². The molecule has 1 aliphatic heterocycles. The molecular weight excluding hydrogens is 235 g/mol. The summed E-state index contributed by atoms with van der Waals surface area (Å²) in [6.45, 7) is 4.02. The monoisotopic (exact) mass is 256 g/mol. The Balaban J connectivity index is 2.55. The van der Waals surface area contributed by atoms with Crippen molar-refractivity contribution >= 4 is 18.9 Å². The summed E-state index contributed by atoms with van der Waals surface area (Å²) in [4.78, 5) is 24.9. The van der Waals surface area contributed by atoms with E-state index in [2.05, 4.69) is 5.32 Å². The summed E-state index contributed by atoms with van der Waals surface area (Å²) in [7, 11) is -1.52. The molecule has 18 heavy (non-hydrogen) atoms. The first-order valence-electron chi connectivity index (χ1n) is 6.43. The van der Waals surface area contributed by atoms with E-state index >= 15 is 0 Å². The maximum Gasteiger partial charge on any atom is 0.475 e. The summed E-state index contributed by atoms with van der Waals surface area (Å²) in [5.41, 5.74) is 0. The number of carbonyl (C=O) groups is 2. The Morgan fingerprint density at radius 1 is 1.50 bits per heavy atom. The molecule has 0 aromatic heterocycles. The second kappa shape index (κ2) is 6.75. The quantitative estimate of drug-likeness (QED) is 0.567. The van der Waals surface area contributed by atoms with Crippen molar-refractivity contribution < 1.29 is 19.6 Å². The fourth-order valence-corrected chi connectivity index (χ4v) is 2.23. The molecule has 1 saturated heterocycles. The molecule has 2 atom stereocenters. The molecule has 0 bridgehead atoms. The maximum absolute atomic E-state index is 12.1. The van der Waals surface area contributed by atoms with Crippen LogP contribution in [0.1, 0.15) is 39.5 Å². The Hall–Kier alpha value is -1.08. The SMILES string of the molecule is CCCC(=O)N[C@H](C)C(=O)N1CCC[C@H]1B(O)O. The summed E-state index contributed by atoms with van der Waals surface area (Å²) in [5.74, 6) is -0.961. The van der Waals surface area contributed by atoms with Crippen LogP contribution in [0.2, 0.25) is 0 Å². The molecule has 0 radical (unpaired) electrons. The number of rotatable bonds is 5. The van der Waals surface area contributed by atoms with Gasteiger partial charge in [0.05, 0.1) is 5.94 Å². The summed E-state index contributed by atoms with van der Waals surface area (Å²) >= 11 is 0. The Bertz CT molecular complexity index is 311. The molecule has 0 saturated carbocycles. The largest absolute Gasteiger partial charge is 0.475 e. The minimum Gasteiger partial charge on any atom is -0.426 e. The summed E-state index contributed by atoms with van der Waals surface area (Å²) in [6.07, 6.45) is 2.46. The van der Waals surface area contributed by atoms with Gasteiger partial charge in [-0.05, 0) is 26.2 Å². The highest BCUT2D eigenvalue weighted by Gasteiger charge is 2.38. The molecule has 0 aliphatic carbocycles. The van der Waals surface area contributed by atoms with E-state index in [0.29, 0.717) is 19.4 Å². The molecule has 1 fully saturated rings. The van der Waals surface area contributed by atoms with Gasteiger partial charge in [0.2, 0.25) is 11.8 Å². The van der Waals surface area contributed by atoms with Crippen molar-refractivity contribution in [3.63, 3.8) is 0 Å². The number of hydrogen-bond donors (Lipinski definition) is 3. The van der Waals surface area contributed by atoms with Crippen molar-refractivity contribution in [2.45, 2.75) is 51.5 Å². The van der Waals surface area contributed by atoms with Crippen LogP contribution in [-0.2, 0) is 9.59 Å². The lowest BCUT2D eigenvalue weighted by atomic mass is 9.78. The Morgan fingerprint density at radius 2 is 2.17 bits per heavy atom. The third-order valence-electron chi connectivity index (χ3n) is 3.15. The van der Waals surface area contributed by atoms with Gasteiger partial charge < -0.3 is 20.3 Å². The average Bonchev–Trinajstić information content (AvgIpc) is 2.76. The molecule has 0 unspecified atom stereocenters. The molecular formula is C11H21BN2O4. The van der Waals surface area contributed by atoms with Gasteiger partial charge in [-0.25, -0.2) is 0 Å². The van der Waals surface area contributed by atoms with E-state index in [1.807, 2.05) is 6.92 Å². The van der Waals surface area contributed by atoms with Gasteiger partial charge in [-0.2, -0.15) is 0 Å². The fourth-order valence-electron chi connectivity index (χ4n) is 2.23. The smallest absolute Gasteiger partial charge is 0.426 e. The molecule has 0 aromatic rings. The number of nitrogens with one attached hydrogen (secondary N) is 1. The maximum atomic E-state index is 12.1. The van der Waals surface area contributed by atoms with Gasteiger partial charge in [0, 0.05) is 13.0 Å². The van der Waals surface area contributed by atoms with Gasteiger partial charge in [-0.1, -0.05) is 6.92 Å². The van der Waals surface area contributed by atoms with Crippen LogP contribution >= 0.6 is 0 Å². The number of hydrogen-bond acceptors (Lipinski definition) is 4. The van der Waals surface area contributed by atoms with Gasteiger partial charge in [-0.15, -0.1) is 0 Å². The Morgan fingerprint density at radius 3 is 2.72 bits per heavy atom. The van der Waals surface area contributed by atoms with Gasteiger partial charge in [0.1, 0.15) is 6.04 Å². The van der Waals surface area contributed by atoms with Crippen molar-refractivity contribution in [3.8, 4) is 0 Å². The van der Waals surface area contributed by atoms with E-state index < -0.39 is 19.1 Å². The predicted octanol–water partition coefficient (Wildman–Crippen LogP) is -0.706. The van der Waals surface area contributed by atoms with Gasteiger partial charge in [0.25, 0.3) is 0 Å². The highest BCUT2D eigenvalue weighted by molar-refractivity contribution is 6.43. The van der Waals surface area contributed by atoms with Crippen molar-refractivity contribution in [1.29, 1.82) is 0 Å². The minimum atomic E-state index is -1.52. The standard InChI is InChI=1S/C11H21BN2O4/c1-3-5-10(15)13-8(2)11(16)14-7-4-6-9(14)12(17)18/h8-9,17-18H,3-7H2,1-2H3,(H,13,15)/t8-,9+/m1/s1. The number of amides is 2. The van der Waals surface area contributed by atoms with E-state index in [-0.39, 0.29) is 11.8 Å². The van der Waals surface area contributed by atoms with Crippen LogP contribution in [0.5, 0.6) is 0 Å². The lowest BCUT2D eigenvalue weighted by Crippen LogP contribution is -2.52.